The Morgan fingerprint density at radius 2 is 0.568 bits per heavy atom. The lowest BCUT2D eigenvalue weighted by molar-refractivity contribution is -0.150. The monoisotopic (exact) mass is 2000 g/mol. The highest BCUT2D eigenvalue weighted by Crippen LogP contribution is 2.43. The third kappa shape index (κ3) is 126. The molecule has 764 valence electrons. The van der Waals surface area contributed by atoms with Gasteiger partial charge in [-0.1, -0.05) is 91.7 Å². The van der Waals surface area contributed by atoms with Gasteiger partial charge < -0.3 is 106 Å². The molecule has 0 aliphatic rings. The molecule has 0 spiro atoms. The van der Waals surface area contributed by atoms with Crippen molar-refractivity contribution in [2.24, 2.45) is 0 Å². The van der Waals surface area contributed by atoms with Crippen molar-refractivity contribution in [2.45, 2.75) is 196 Å². The van der Waals surface area contributed by atoms with Gasteiger partial charge in [0, 0.05) is 85.9 Å². The Bertz CT molecular complexity index is 3540. The summed E-state index contributed by atoms with van der Waals surface area (Å²) in [6, 6.07) is 0. The Morgan fingerprint density at radius 1 is 0.303 bits per heavy atom. The molecule has 0 saturated heterocycles. The highest BCUT2D eigenvalue weighted by atomic mass is 31.2. The van der Waals surface area contributed by atoms with E-state index in [0.29, 0.717) is 142 Å². The molecule has 45 nitrogen and oxygen atoms in total. The summed E-state index contributed by atoms with van der Waals surface area (Å²) in [5.41, 5.74) is 1.15. The second kappa shape index (κ2) is 94.3. The van der Waals surface area contributed by atoms with Gasteiger partial charge >= 0.3 is 117 Å². The molecule has 0 fully saturated rings. The van der Waals surface area contributed by atoms with Crippen LogP contribution >= 0.6 is 39.1 Å². The van der Waals surface area contributed by atoms with E-state index in [2.05, 4.69) is 80.4 Å². The summed E-state index contributed by atoms with van der Waals surface area (Å²) in [4.78, 5) is 192. The van der Waals surface area contributed by atoms with Crippen LogP contribution in [-0.2, 0) is 174 Å². The summed E-state index contributed by atoms with van der Waals surface area (Å²) in [6.07, 6.45) is 18.9. The number of rotatable bonds is 73. The van der Waals surface area contributed by atoms with Crippen LogP contribution in [0.4, 0.5) is 0 Å². The van der Waals surface area contributed by atoms with Gasteiger partial charge in [-0.25, -0.2) is 47.3 Å². The molecule has 8 N–H and O–H groups in total. The lowest BCUT2D eigenvalue weighted by atomic mass is 10.2. The lowest BCUT2D eigenvalue weighted by Crippen LogP contribution is -2.14. The first-order valence-electron chi connectivity index (χ1n) is 41.0. The average molecular weight is 2000 g/mol. The highest BCUT2D eigenvalue weighted by molar-refractivity contribution is 7.51. The van der Waals surface area contributed by atoms with E-state index in [1.807, 2.05) is 0 Å². The van der Waals surface area contributed by atoms with Crippen molar-refractivity contribution in [3.63, 3.8) is 0 Å². The largest absolute Gasteiger partial charge is 0.504 e. The number of unbranched alkanes of at least 4 members (excludes halogenated alkanes) is 13. The molecular formula is C82H142O45P5+. The van der Waals surface area contributed by atoms with Crippen LogP contribution in [0.3, 0.4) is 0 Å². The van der Waals surface area contributed by atoms with Crippen molar-refractivity contribution >= 4 is 117 Å². The van der Waals surface area contributed by atoms with Crippen molar-refractivity contribution in [1.29, 1.82) is 0 Å². The molecule has 0 aliphatic carbocycles. The standard InChI is InChI=1S/C23H41O10P.C15H24O6.C13H22O6P.C12H21O8P.C7H13O5P.C6H8O4.C5H9O6P.CH4/c1-4-13-28-17-18-29-14-9-5-6-10-15-32-34(26,27)33-16-11-7-8-12-22(24)30-19-20-31-23(25)21(2)3;1-2-14(18)20-11-8-4-6-10-15(19)21-12-7-3-5-9-13(16)17;1-11(2)13(15)18-10-9-17-12(14)7-5-4-6-8-19-20(3)16;1-10(2)12(14)19-9-8-18-11(13)6-4-3-5-7-20-21(15,16)17;1-6(2)7(8)11-4-5-12-13(3,9)10;1-2-6(9)10-4-3-5(7)8;1-2-5(6)10-3-4-11-12(7,8)9;/h4H,1-2,5-20H2,3H3,(H,26,27);2H,1,3-12H2,(H,16,17);1,4-10H2,2-3H3;1,3-9H2,2H3,(H2,15,16,17);1,4-5H2,2-3H3,(H,9,10);2H,1,3-4H2,(H,7,8);2H,1,3-4H2,(H2,7,8,9);1H4/q;;+1;;;;;. The van der Waals surface area contributed by atoms with E-state index in [9.17, 15) is 90.0 Å². The SMILES string of the molecule is C.C=C(C)C(=O)OCCOC(=O)CCCCCOP(=O)(O)O.C=C(C)C(=O)OCCOC(=O)CCCCCO[P+](C)=O.C=C(C)C(=O)OCCOP(C)(=O)O.C=CC(=O)OCCC(=O)O.C=CC(=O)OCCCCCC(=O)OCCCCCC(=O)O.C=CC(=O)OCCOP(=O)(O)O.C=CCOCCOCCCCCCOP(=O)(O)OCCCCCC(=O)OCCOC(=O)C(=C)C. The molecule has 0 saturated carbocycles. The fraction of sp³-hybridized carbons (Fsp3) is 0.646. The molecule has 0 aromatic carbocycles. The van der Waals surface area contributed by atoms with Gasteiger partial charge in [0.25, 0.3) is 0 Å². The van der Waals surface area contributed by atoms with Gasteiger partial charge in [-0.15, -0.1) is 11.1 Å². The average Bonchev–Trinajstić information content (AvgIpc) is 0.935. The predicted molar refractivity (Wildman–Crippen MR) is 479 cm³/mol. The van der Waals surface area contributed by atoms with Crippen molar-refractivity contribution in [3.8, 4) is 0 Å². The van der Waals surface area contributed by atoms with Crippen LogP contribution in [0.15, 0.2) is 99.2 Å². The van der Waals surface area contributed by atoms with Gasteiger partial charge in [0.15, 0.2) is 6.66 Å². The summed E-state index contributed by atoms with van der Waals surface area (Å²) in [6.45, 7) is 38.2. The molecule has 0 radical (unpaired) electrons. The number of carboxylic acids is 2. The number of carboxylic acid groups (broad SMARTS) is 2. The fourth-order valence-corrected chi connectivity index (χ4v) is 9.91. The number of phosphoric ester groups is 3. The van der Waals surface area contributed by atoms with Gasteiger partial charge in [0.1, 0.15) is 66.1 Å². The van der Waals surface area contributed by atoms with Gasteiger partial charge in [0.05, 0.1) is 72.5 Å². The quantitative estimate of drug-likeness (QED) is 0.00700. The van der Waals surface area contributed by atoms with E-state index in [0.717, 1.165) is 69.8 Å². The molecule has 0 bridgehead atoms. The van der Waals surface area contributed by atoms with E-state index in [4.69, 9.17) is 95.6 Å². The second-order valence-corrected chi connectivity index (χ2v) is 33.3. The first kappa shape index (κ1) is 139. The Balaban J connectivity index is -0.000000234. The molecule has 0 rings (SSSR count). The number of carbonyl (C=O) groups excluding carboxylic acids is 11. The first-order valence-corrected chi connectivity index (χ1v) is 49.2. The van der Waals surface area contributed by atoms with Crippen molar-refractivity contribution < 1.29 is 213 Å². The van der Waals surface area contributed by atoms with Gasteiger partial charge in [-0.3, -0.25) is 51.4 Å². The predicted octanol–water partition coefficient (Wildman–Crippen LogP) is 12.1. The molecule has 0 heterocycles. The van der Waals surface area contributed by atoms with Crippen molar-refractivity contribution in [2.75, 3.05) is 152 Å². The van der Waals surface area contributed by atoms with E-state index >= 15 is 0 Å². The summed E-state index contributed by atoms with van der Waals surface area (Å²) in [5.74, 6) is -6.94. The van der Waals surface area contributed by atoms with Crippen LogP contribution in [0.2, 0.25) is 0 Å². The molecule has 132 heavy (non-hydrogen) atoms. The Hall–Kier alpha value is -8.51. The lowest BCUT2D eigenvalue weighted by Gasteiger charge is -2.12. The number of ether oxygens (including phenoxy) is 13. The maximum absolute atomic E-state index is 11.8. The molecule has 0 aromatic rings. The molecule has 50 heteroatoms. The third-order valence-electron chi connectivity index (χ3n) is 13.9. The Kier molecular flexibility index (Phi) is 99.2. The van der Waals surface area contributed by atoms with Crippen LogP contribution in [-0.4, -0.2) is 269 Å². The second-order valence-electron chi connectivity index (χ2n) is 26.3. The summed E-state index contributed by atoms with van der Waals surface area (Å²) in [5, 5.41) is 16.5. The molecule has 0 aromatic heterocycles. The van der Waals surface area contributed by atoms with Crippen LogP contribution in [0.5, 0.6) is 0 Å². The first-order chi connectivity index (χ1) is 61.4. The third-order valence-corrected chi connectivity index (χ3v) is 17.2. The number of esters is 11. The van der Waals surface area contributed by atoms with Crippen LogP contribution < -0.4 is 0 Å². The summed E-state index contributed by atoms with van der Waals surface area (Å²) >= 11 is 0. The minimum atomic E-state index is -4.45. The summed E-state index contributed by atoms with van der Waals surface area (Å²) in [7, 11) is -17.9. The summed E-state index contributed by atoms with van der Waals surface area (Å²) < 4.78 is 144. The number of carbonyl (C=O) groups is 13. The van der Waals surface area contributed by atoms with E-state index in [-0.39, 0.29) is 154 Å². The molecular weight excluding hydrogens is 1860 g/mol. The smallest absolute Gasteiger partial charge is 0.481 e. The van der Waals surface area contributed by atoms with Crippen molar-refractivity contribution in [3.05, 3.63) is 99.2 Å². The normalized spacial score (nSPS) is 11.3. The Labute approximate surface area is 773 Å². The highest BCUT2D eigenvalue weighted by Gasteiger charge is 2.21. The van der Waals surface area contributed by atoms with Crippen LogP contribution in [0.25, 0.3) is 0 Å². The van der Waals surface area contributed by atoms with Crippen molar-refractivity contribution in [1.82, 2.24) is 0 Å². The topological polar surface area (TPSA) is 644 Å². The van der Waals surface area contributed by atoms with E-state index in [1.54, 1.807) is 13.0 Å². The molecule has 3 unspecified atom stereocenters. The fourth-order valence-electron chi connectivity index (χ4n) is 7.63. The van der Waals surface area contributed by atoms with Crippen LogP contribution in [0.1, 0.15) is 196 Å². The van der Waals surface area contributed by atoms with E-state index in [1.165, 1.54) is 27.4 Å². The van der Waals surface area contributed by atoms with Gasteiger partial charge in [0.2, 0.25) is 0 Å². The molecule has 0 amide bonds. The van der Waals surface area contributed by atoms with E-state index < -0.39 is 105 Å². The van der Waals surface area contributed by atoms with Gasteiger partial charge in [-0.05, 0) is 122 Å². The zero-order chi connectivity index (χ0) is 101. The minimum absolute atomic E-state index is 0. The number of phosphoric acid groups is 3. The number of aliphatic carboxylic acids is 2. The number of hydrogen-bond acceptors (Lipinski definition) is 37. The van der Waals surface area contributed by atoms with Gasteiger partial charge in [-0.2, -0.15) is 0 Å². The molecule has 0 aliphatic heterocycles. The molecule has 3 atom stereocenters. The maximum atomic E-state index is 11.8. The maximum Gasteiger partial charge on any atom is 0.504 e. The minimum Gasteiger partial charge on any atom is -0.481 e. The number of hydrogen-bond donors (Lipinski definition) is 8. The zero-order valence-electron chi connectivity index (χ0n) is 75.9. The van der Waals surface area contributed by atoms with Crippen LogP contribution in [0, 0.1) is 0 Å². The Morgan fingerprint density at radius 3 is 0.902 bits per heavy atom. The zero-order valence-corrected chi connectivity index (χ0v) is 80.4.